The molecule has 2 unspecified atom stereocenters. The van der Waals surface area contributed by atoms with Crippen LogP contribution in [0.3, 0.4) is 0 Å². The molecule has 1 fully saturated rings. The van der Waals surface area contributed by atoms with Gasteiger partial charge >= 0.3 is 0 Å². The third kappa shape index (κ3) is 4.84. The lowest BCUT2D eigenvalue weighted by molar-refractivity contribution is 0.149. The number of ether oxygens (including phenoxy) is 1. The quantitative estimate of drug-likeness (QED) is 0.749. The van der Waals surface area contributed by atoms with Gasteiger partial charge in [0, 0.05) is 26.2 Å². The highest BCUT2D eigenvalue weighted by atomic mass is 32.2. The Balaban J connectivity index is 2.42. The van der Waals surface area contributed by atoms with Gasteiger partial charge in [0.2, 0.25) is 10.0 Å². The number of nitrogens with zero attached hydrogens (tertiary/aromatic N) is 1. The molecule has 108 valence electrons. The highest BCUT2D eigenvalue weighted by Crippen LogP contribution is 2.13. The average molecular weight is 278 g/mol. The fourth-order valence-corrected chi connectivity index (χ4v) is 3.71. The summed E-state index contributed by atoms with van der Waals surface area (Å²) in [5.74, 6) is 0.217. The Kier molecular flexibility index (Phi) is 6.55. The maximum absolute atomic E-state index is 12.1. The van der Waals surface area contributed by atoms with Gasteiger partial charge in [-0.3, -0.25) is 0 Å². The molecule has 1 saturated heterocycles. The fraction of sp³-hybridized carbons (Fsp3) is 1.00. The first kappa shape index (κ1) is 15.9. The zero-order valence-corrected chi connectivity index (χ0v) is 12.5. The van der Waals surface area contributed by atoms with Crippen molar-refractivity contribution in [1.29, 1.82) is 0 Å². The summed E-state index contributed by atoms with van der Waals surface area (Å²) in [4.78, 5) is 0. The summed E-state index contributed by atoms with van der Waals surface area (Å²) in [5, 5.41) is 3.38. The van der Waals surface area contributed by atoms with Crippen molar-refractivity contribution in [2.24, 2.45) is 0 Å². The molecule has 6 heteroatoms. The Labute approximate surface area is 111 Å². The Morgan fingerprint density at radius 2 is 2.17 bits per heavy atom. The highest BCUT2D eigenvalue weighted by molar-refractivity contribution is 7.89. The van der Waals surface area contributed by atoms with Gasteiger partial charge in [-0.1, -0.05) is 6.42 Å². The smallest absolute Gasteiger partial charge is 0.214 e. The zero-order chi connectivity index (χ0) is 13.6. The minimum atomic E-state index is -3.17. The van der Waals surface area contributed by atoms with Crippen LogP contribution in [0, 0.1) is 0 Å². The molecule has 0 saturated carbocycles. The second kappa shape index (κ2) is 7.43. The van der Waals surface area contributed by atoms with Crippen LogP contribution in [-0.4, -0.2) is 57.9 Å². The van der Waals surface area contributed by atoms with Crippen molar-refractivity contribution in [1.82, 2.24) is 9.62 Å². The van der Waals surface area contributed by atoms with E-state index in [1.54, 1.807) is 14.2 Å². The molecule has 0 aromatic heterocycles. The number of hydrogen-bond acceptors (Lipinski definition) is 4. The second-order valence-electron chi connectivity index (χ2n) is 5.07. The van der Waals surface area contributed by atoms with E-state index in [1.807, 2.05) is 6.92 Å². The van der Waals surface area contributed by atoms with Gasteiger partial charge in [0.25, 0.3) is 0 Å². The Morgan fingerprint density at radius 3 is 2.72 bits per heavy atom. The van der Waals surface area contributed by atoms with E-state index in [0.29, 0.717) is 19.1 Å². The van der Waals surface area contributed by atoms with Crippen molar-refractivity contribution < 1.29 is 13.2 Å². The maximum Gasteiger partial charge on any atom is 0.214 e. The molecule has 1 heterocycles. The van der Waals surface area contributed by atoms with Gasteiger partial charge in [-0.05, 0) is 32.7 Å². The highest BCUT2D eigenvalue weighted by Gasteiger charge is 2.24. The van der Waals surface area contributed by atoms with Gasteiger partial charge in [0.15, 0.2) is 0 Å². The van der Waals surface area contributed by atoms with Gasteiger partial charge in [-0.15, -0.1) is 0 Å². The molecule has 0 bridgehead atoms. The molecule has 0 amide bonds. The molecular formula is C12H26N2O3S. The van der Waals surface area contributed by atoms with E-state index in [-0.39, 0.29) is 11.8 Å². The molecular weight excluding hydrogens is 252 g/mol. The predicted molar refractivity (Wildman–Crippen MR) is 73.1 cm³/mol. The summed E-state index contributed by atoms with van der Waals surface area (Å²) < 4.78 is 30.7. The van der Waals surface area contributed by atoms with E-state index in [4.69, 9.17) is 4.74 Å². The zero-order valence-electron chi connectivity index (χ0n) is 11.7. The first-order valence-electron chi connectivity index (χ1n) is 6.65. The molecule has 1 aliphatic rings. The predicted octanol–water partition coefficient (Wildman–Crippen LogP) is 0.815. The third-order valence-electron chi connectivity index (χ3n) is 3.60. The van der Waals surface area contributed by atoms with Crippen molar-refractivity contribution in [3.05, 3.63) is 0 Å². The average Bonchev–Trinajstić information content (AvgIpc) is 2.37. The number of sulfonamides is 1. The van der Waals surface area contributed by atoms with Crippen LogP contribution in [0.15, 0.2) is 0 Å². The van der Waals surface area contributed by atoms with E-state index in [1.165, 1.54) is 17.1 Å². The van der Waals surface area contributed by atoms with Crippen LogP contribution in [0.1, 0.15) is 32.6 Å². The number of piperidine rings is 1. The molecule has 0 radical (unpaired) electrons. The number of hydrogen-bond donors (Lipinski definition) is 1. The van der Waals surface area contributed by atoms with E-state index >= 15 is 0 Å². The lowest BCUT2D eigenvalue weighted by atomic mass is 10.0. The number of rotatable bonds is 7. The second-order valence-corrected chi connectivity index (χ2v) is 7.22. The summed E-state index contributed by atoms with van der Waals surface area (Å²) in [5.41, 5.74) is 0. The van der Waals surface area contributed by atoms with Crippen LogP contribution in [0.25, 0.3) is 0 Å². The SMILES string of the molecule is COCC(C)N(C)S(=O)(=O)CCC1CCCCN1. The molecule has 0 aromatic carbocycles. The third-order valence-corrected chi connectivity index (χ3v) is 5.59. The molecule has 1 N–H and O–H groups in total. The van der Waals surface area contributed by atoms with Gasteiger partial charge in [-0.2, -0.15) is 4.31 Å². The summed E-state index contributed by atoms with van der Waals surface area (Å²) in [7, 11) is 0.0507. The van der Waals surface area contributed by atoms with Crippen LogP contribution in [0.5, 0.6) is 0 Å². The van der Waals surface area contributed by atoms with Crippen LogP contribution in [0.2, 0.25) is 0 Å². The number of nitrogens with one attached hydrogen (secondary N) is 1. The first-order valence-corrected chi connectivity index (χ1v) is 8.26. The normalized spacial score (nSPS) is 23.2. The first-order chi connectivity index (χ1) is 8.47. The summed E-state index contributed by atoms with van der Waals surface area (Å²) in [6, 6.07) is 0.249. The number of methoxy groups -OCH3 is 1. The van der Waals surface area contributed by atoms with E-state index < -0.39 is 10.0 Å². The fourth-order valence-electron chi connectivity index (χ4n) is 2.23. The van der Waals surface area contributed by atoms with Crippen LogP contribution < -0.4 is 5.32 Å². The van der Waals surface area contributed by atoms with Gasteiger partial charge in [0.05, 0.1) is 12.4 Å². The molecule has 1 aliphatic heterocycles. The number of likely N-dealkylation sites (N-methyl/N-ethyl adjacent to an activating group) is 1. The monoisotopic (exact) mass is 278 g/mol. The largest absolute Gasteiger partial charge is 0.383 e. The lowest BCUT2D eigenvalue weighted by Crippen LogP contribution is -2.41. The van der Waals surface area contributed by atoms with Crippen molar-refractivity contribution >= 4 is 10.0 Å². The Hall–Kier alpha value is -0.170. The minimum absolute atomic E-state index is 0.112. The topological polar surface area (TPSA) is 58.6 Å². The molecule has 0 spiro atoms. The van der Waals surface area contributed by atoms with Crippen LogP contribution in [0.4, 0.5) is 0 Å². The molecule has 0 aromatic rings. The summed E-state index contributed by atoms with van der Waals surface area (Å²) >= 11 is 0. The van der Waals surface area contributed by atoms with Crippen LogP contribution >= 0.6 is 0 Å². The Morgan fingerprint density at radius 1 is 1.44 bits per heavy atom. The van der Waals surface area contributed by atoms with E-state index in [0.717, 1.165) is 13.0 Å². The molecule has 2 atom stereocenters. The van der Waals surface area contributed by atoms with Gasteiger partial charge < -0.3 is 10.1 Å². The molecule has 18 heavy (non-hydrogen) atoms. The molecule has 1 rings (SSSR count). The molecule has 5 nitrogen and oxygen atoms in total. The standard InChI is InChI=1S/C12H26N2O3S/c1-11(10-17-3)14(2)18(15,16)9-7-12-6-4-5-8-13-12/h11-13H,4-10H2,1-3H3. The van der Waals surface area contributed by atoms with Crippen molar-refractivity contribution in [3.63, 3.8) is 0 Å². The minimum Gasteiger partial charge on any atom is -0.383 e. The van der Waals surface area contributed by atoms with E-state index in [2.05, 4.69) is 5.32 Å². The van der Waals surface area contributed by atoms with Gasteiger partial charge in [0.1, 0.15) is 0 Å². The van der Waals surface area contributed by atoms with Crippen molar-refractivity contribution in [3.8, 4) is 0 Å². The lowest BCUT2D eigenvalue weighted by Gasteiger charge is -2.26. The van der Waals surface area contributed by atoms with E-state index in [9.17, 15) is 8.42 Å². The maximum atomic E-state index is 12.1. The Bertz CT molecular complexity index is 326. The summed E-state index contributed by atoms with van der Waals surface area (Å²) in [6.07, 6.45) is 4.20. The van der Waals surface area contributed by atoms with Gasteiger partial charge in [-0.25, -0.2) is 8.42 Å². The van der Waals surface area contributed by atoms with Crippen molar-refractivity contribution in [2.75, 3.05) is 33.1 Å². The summed E-state index contributed by atoms with van der Waals surface area (Å²) in [6.45, 7) is 3.30. The van der Waals surface area contributed by atoms with Crippen LogP contribution in [-0.2, 0) is 14.8 Å². The van der Waals surface area contributed by atoms with Crippen molar-refractivity contribution in [2.45, 2.75) is 44.7 Å². The molecule has 0 aliphatic carbocycles.